The monoisotopic (exact) mass is 227 g/mol. The standard InChI is InChI=1S/C12H15F2NO/c1-9-4-2-3-5-10(9)6-7-12(16)15-8-11(13)14/h2-5,11H,6-8H2,1H3,(H,15,16). The third-order valence-electron chi connectivity index (χ3n) is 2.34. The molecule has 0 saturated heterocycles. The van der Waals surface area contributed by atoms with Gasteiger partial charge < -0.3 is 5.32 Å². The number of carbonyl (C=O) groups is 1. The van der Waals surface area contributed by atoms with Crippen molar-refractivity contribution in [3.63, 3.8) is 0 Å². The first kappa shape index (κ1) is 12.6. The van der Waals surface area contributed by atoms with Crippen molar-refractivity contribution in [2.75, 3.05) is 6.54 Å². The summed E-state index contributed by atoms with van der Waals surface area (Å²) in [7, 11) is 0. The maximum Gasteiger partial charge on any atom is 0.255 e. The molecule has 88 valence electrons. The number of amides is 1. The molecule has 1 N–H and O–H groups in total. The maximum atomic E-state index is 11.8. The van der Waals surface area contributed by atoms with E-state index in [-0.39, 0.29) is 12.3 Å². The zero-order chi connectivity index (χ0) is 12.0. The normalized spacial score (nSPS) is 10.5. The smallest absolute Gasteiger partial charge is 0.255 e. The number of hydrogen-bond acceptors (Lipinski definition) is 1. The highest BCUT2D eigenvalue weighted by Crippen LogP contribution is 2.09. The van der Waals surface area contributed by atoms with Crippen LogP contribution in [0.4, 0.5) is 8.78 Å². The van der Waals surface area contributed by atoms with Crippen molar-refractivity contribution in [3.05, 3.63) is 35.4 Å². The predicted molar refractivity (Wildman–Crippen MR) is 58.5 cm³/mol. The second-order valence-electron chi connectivity index (χ2n) is 3.62. The first-order valence-corrected chi connectivity index (χ1v) is 5.19. The fourth-order valence-electron chi connectivity index (χ4n) is 1.42. The largest absolute Gasteiger partial charge is 0.350 e. The van der Waals surface area contributed by atoms with E-state index in [0.717, 1.165) is 11.1 Å². The Balaban J connectivity index is 2.35. The van der Waals surface area contributed by atoms with Crippen LogP contribution < -0.4 is 5.32 Å². The Morgan fingerprint density at radius 3 is 2.69 bits per heavy atom. The molecule has 0 spiro atoms. The van der Waals surface area contributed by atoms with Gasteiger partial charge in [0.15, 0.2) is 0 Å². The third kappa shape index (κ3) is 4.38. The quantitative estimate of drug-likeness (QED) is 0.821. The van der Waals surface area contributed by atoms with Gasteiger partial charge in [0.25, 0.3) is 6.43 Å². The molecule has 16 heavy (non-hydrogen) atoms. The highest BCUT2D eigenvalue weighted by Gasteiger charge is 2.07. The van der Waals surface area contributed by atoms with Gasteiger partial charge in [-0.2, -0.15) is 0 Å². The number of hydrogen-bond donors (Lipinski definition) is 1. The van der Waals surface area contributed by atoms with Gasteiger partial charge in [0.2, 0.25) is 5.91 Å². The Hall–Kier alpha value is -1.45. The van der Waals surface area contributed by atoms with E-state index in [0.29, 0.717) is 6.42 Å². The van der Waals surface area contributed by atoms with E-state index in [1.165, 1.54) is 0 Å². The molecule has 4 heteroatoms. The molecule has 0 heterocycles. The van der Waals surface area contributed by atoms with Crippen LogP contribution in [0.25, 0.3) is 0 Å². The number of halogens is 2. The summed E-state index contributed by atoms with van der Waals surface area (Å²) in [6.45, 7) is 1.40. The van der Waals surface area contributed by atoms with Crippen molar-refractivity contribution in [3.8, 4) is 0 Å². The lowest BCUT2D eigenvalue weighted by Crippen LogP contribution is -2.28. The minimum absolute atomic E-state index is 0.248. The minimum Gasteiger partial charge on any atom is -0.350 e. The van der Waals surface area contributed by atoms with Crippen LogP contribution in [-0.4, -0.2) is 18.9 Å². The highest BCUT2D eigenvalue weighted by atomic mass is 19.3. The Kier molecular flexibility index (Phi) is 4.89. The van der Waals surface area contributed by atoms with Crippen molar-refractivity contribution < 1.29 is 13.6 Å². The fourth-order valence-corrected chi connectivity index (χ4v) is 1.42. The summed E-state index contributed by atoms with van der Waals surface area (Å²) in [5.74, 6) is -0.330. The summed E-state index contributed by atoms with van der Waals surface area (Å²) in [6.07, 6.45) is -1.65. The molecule has 1 amide bonds. The second-order valence-corrected chi connectivity index (χ2v) is 3.62. The van der Waals surface area contributed by atoms with E-state index < -0.39 is 13.0 Å². The molecule has 0 atom stereocenters. The Morgan fingerprint density at radius 2 is 2.06 bits per heavy atom. The average molecular weight is 227 g/mol. The average Bonchev–Trinajstić information content (AvgIpc) is 2.25. The lowest BCUT2D eigenvalue weighted by atomic mass is 10.0. The Morgan fingerprint density at radius 1 is 1.38 bits per heavy atom. The molecule has 0 fully saturated rings. The molecule has 0 saturated carbocycles. The number of rotatable bonds is 5. The molecule has 0 aliphatic rings. The fraction of sp³-hybridized carbons (Fsp3) is 0.417. The molecule has 1 aromatic carbocycles. The van der Waals surface area contributed by atoms with Gasteiger partial charge in [-0.3, -0.25) is 4.79 Å². The minimum atomic E-state index is -2.48. The van der Waals surface area contributed by atoms with Gasteiger partial charge in [-0.25, -0.2) is 8.78 Å². The van der Waals surface area contributed by atoms with E-state index in [4.69, 9.17) is 0 Å². The first-order valence-electron chi connectivity index (χ1n) is 5.19. The zero-order valence-electron chi connectivity index (χ0n) is 9.17. The van der Waals surface area contributed by atoms with Gasteiger partial charge in [-0.05, 0) is 24.5 Å². The van der Waals surface area contributed by atoms with E-state index >= 15 is 0 Å². The maximum absolute atomic E-state index is 11.8. The van der Waals surface area contributed by atoms with Gasteiger partial charge in [0.1, 0.15) is 0 Å². The zero-order valence-corrected chi connectivity index (χ0v) is 9.17. The van der Waals surface area contributed by atoms with E-state index in [1.807, 2.05) is 31.2 Å². The third-order valence-corrected chi connectivity index (χ3v) is 2.34. The van der Waals surface area contributed by atoms with Crippen molar-refractivity contribution in [1.82, 2.24) is 5.32 Å². The number of benzene rings is 1. The van der Waals surface area contributed by atoms with Crippen molar-refractivity contribution in [2.45, 2.75) is 26.2 Å². The van der Waals surface area contributed by atoms with Gasteiger partial charge >= 0.3 is 0 Å². The van der Waals surface area contributed by atoms with Crippen LogP contribution in [0.15, 0.2) is 24.3 Å². The summed E-state index contributed by atoms with van der Waals surface area (Å²) >= 11 is 0. The van der Waals surface area contributed by atoms with Gasteiger partial charge in [-0.1, -0.05) is 24.3 Å². The van der Waals surface area contributed by atoms with Crippen LogP contribution in [0.2, 0.25) is 0 Å². The van der Waals surface area contributed by atoms with E-state index in [2.05, 4.69) is 5.32 Å². The van der Waals surface area contributed by atoms with Gasteiger partial charge in [0.05, 0.1) is 6.54 Å². The van der Waals surface area contributed by atoms with Gasteiger partial charge in [-0.15, -0.1) is 0 Å². The molecular formula is C12H15F2NO. The van der Waals surface area contributed by atoms with E-state index in [9.17, 15) is 13.6 Å². The summed E-state index contributed by atoms with van der Waals surface area (Å²) in [5.41, 5.74) is 2.19. The molecule has 0 radical (unpaired) electrons. The first-order chi connectivity index (χ1) is 7.59. The topological polar surface area (TPSA) is 29.1 Å². The molecule has 0 bridgehead atoms. The SMILES string of the molecule is Cc1ccccc1CCC(=O)NCC(F)F. The van der Waals surface area contributed by atoms with Crippen LogP contribution >= 0.6 is 0 Å². The van der Waals surface area contributed by atoms with Crippen molar-refractivity contribution >= 4 is 5.91 Å². The van der Waals surface area contributed by atoms with Crippen LogP contribution in [0.3, 0.4) is 0 Å². The lowest BCUT2D eigenvalue weighted by molar-refractivity contribution is -0.121. The number of nitrogens with one attached hydrogen (secondary N) is 1. The lowest BCUT2D eigenvalue weighted by Gasteiger charge is -2.06. The number of carbonyl (C=O) groups excluding carboxylic acids is 1. The molecular weight excluding hydrogens is 212 g/mol. The van der Waals surface area contributed by atoms with Crippen LogP contribution in [0.1, 0.15) is 17.5 Å². The molecule has 1 aromatic rings. The summed E-state index contributed by atoms with van der Waals surface area (Å²) in [5, 5.41) is 2.18. The number of aryl methyl sites for hydroxylation is 2. The van der Waals surface area contributed by atoms with Gasteiger partial charge in [0, 0.05) is 6.42 Å². The van der Waals surface area contributed by atoms with Crippen LogP contribution in [-0.2, 0) is 11.2 Å². The molecule has 2 nitrogen and oxygen atoms in total. The highest BCUT2D eigenvalue weighted by molar-refractivity contribution is 5.76. The molecule has 0 aliphatic heterocycles. The molecule has 0 unspecified atom stereocenters. The summed E-state index contributed by atoms with van der Waals surface area (Å²) < 4.78 is 23.6. The molecule has 1 rings (SSSR count). The molecule has 0 aliphatic carbocycles. The number of alkyl halides is 2. The second kappa shape index (κ2) is 6.20. The Labute approximate surface area is 93.7 Å². The predicted octanol–water partition coefficient (Wildman–Crippen LogP) is 2.31. The Bertz CT molecular complexity index is 353. The van der Waals surface area contributed by atoms with E-state index in [1.54, 1.807) is 0 Å². The van der Waals surface area contributed by atoms with Crippen molar-refractivity contribution in [1.29, 1.82) is 0 Å². The summed E-state index contributed by atoms with van der Waals surface area (Å²) in [6, 6.07) is 7.73. The molecule has 0 aromatic heterocycles. The summed E-state index contributed by atoms with van der Waals surface area (Å²) in [4.78, 5) is 11.2. The van der Waals surface area contributed by atoms with Crippen LogP contribution in [0, 0.1) is 6.92 Å². The van der Waals surface area contributed by atoms with Crippen LogP contribution in [0.5, 0.6) is 0 Å². The van der Waals surface area contributed by atoms with Crippen molar-refractivity contribution in [2.24, 2.45) is 0 Å².